The monoisotopic (exact) mass is 126 g/mol. The maximum atomic E-state index is 3.71. The molecule has 1 unspecified atom stereocenters. The molecular formula is C9H18. The molecule has 0 saturated carbocycles. The van der Waals surface area contributed by atoms with Crippen molar-refractivity contribution >= 4 is 0 Å². The van der Waals surface area contributed by atoms with Gasteiger partial charge in [-0.2, -0.15) is 0 Å². The molecule has 9 heavy (non-hydrogen) atoms. The first-order valence-electron chi connectivity index (χ1n) is 3.77. The third kappa shape index (κ3) is 5.61. The van der Waals surface area contributed by atoms with Gasteiger partial charge in [-0.1, -0.05) is 26.8 Å². The molecule has 0 aromatic carbocycles. The smallest absolute Gasteiger partial charge is 0.0327 e. The fraction of sp³-hybridized carbons (Fsp3) is 0.778. The van der Waals surface area contributed by atoms with Crippen molar-refractivity contribution in [2.24, 2.45) is 11.8 Å². The summed E-state index contributed by atoms with van der Waals surface area (Å²) >= 11 is 0. The molecular weight excluding hydrogens is 108 g/mol. The average Bonchev–Trinajstić information content (AvgIpc) is 1.63. The van der Waals surface area contributed by atoms with Gasteiger partial charge in [-0.05, 0) is 24.7 Å². The predicted molar refractivity (Wildman–Crippen MR) is 43.4 cm³/mol. The van der Waals surface area contributed by atoms with E-state index in [0.717, 1.165) is 18.3 Å². The van der Waals surface area contributed by atoms with E-state index in [0.29, 0.717) is 0 Å². The fourth-order valence-electron chi connectivity index (χ4n) is 1.19. The van der Waals surface area contributed by atoms with Gasteiger partial charge in [0.05, 0.1) is 0 Å². The van der Waals surface area contributed by atoms with Gasteiger partial charge >= 0.3 is 0 Å². The molecule has 0 aromatic heterocycles. The highest BCUT2D eigenvalue weighted by atomic mass is 14.1. The average molecular weight is 126 g/mol. The van der Waals surface area contributed by atoms with E-state index in [1.807, 2.05) is 6.08 Å². The first-order chi connectivity index (χ1) is 4.16. The minimum atomic E-state index is 0.822. The standard InChI is InChI=1S/C9H18/c1-5-6-9(4)7-8(2)3/h5,8-9H,1,6-7H2,2-4H3. The van der Waals surface area contributed by atoms with E-state index in [1.54, 1.807) is 0 Å². The van der Waals surface area contributed by atoms with E-state index >= 15 is 0 Å². The third-order valence-electron chi connectivity index (χ3n) is 1.44. The van der Waals surface area contributed by atoms with Crippen LogP contribution in [0.25, 0.3) is 0 Å². The highest BCUT2D eigenvalue weighted by molar-refractivity contribution is 4.70. The number of rotatable bonds is 4. The minimum Gasteiger partial charge on any atom is -0.103 e. The Labute approximate surface area is 59.0 Å². The topological polar surface area (TPSA) is 0 Å². The summed E-state index contributed by atoms with van der Waals surface area (Å²) in [6.07, 6.45) is 4.50. The maximum absolute atomic E-state index is 3.71. The molecule has 0 aliphatic carbocycles. The first-order valence-corrected chi connectivity index (χ1v) is 3.77. The number of hydrogen-bond donors (Lipinski definition) is 0. The molecule has 0 rings (SSSR count). The van der Waals surface area contributed by atoms with Gasteiger partial charge in [-0.25, -0.2) is 0 Å². The Morgan fingerprint density at radius 2 is 1.89 bits per heavy atom. The third-order valence-corrected chi connectivity index (χ3v) is 1.44. The summed E-state index contributed by atoms with van der Waals surface area (Å²) in [4.78, 5) is 0. The van der Waals surface area contributed by atoms with Gasteiger partial charge in [0.25, 0.3) is 0 Å². The Kier molecular flexibility index (Phi) is 4.47. The van der Waals surface area contributed by atoms with Crippen LogP contribution in [0.3, 0.4) is 0 Å². The largest absolute Gasteiger partial charge is 0.103 e. The summed E-state index contributed by atoms with van der Waals surface area (Å²) in [5.74, 6) is 1.66. The summed E-state index contributed by atoms with van der Waals surface area (Å²) < 4.78 is 0. The lowest BCUT2D eigenvalue weighted by molar-refractivity contribution is 0.443. The van der Waals surface area contributed by atoms with Crippen molar-refractivity contribution < 1.29 is 0 Å². The maximum Gasteiger partial charge on any atom is -0.0327 e. The molecule has 0 radical (unpaired) electrons. The van der Waals surface area contributed by atoms with Crippen LogP contribution in [0.4, 0.5) is 0 Å². The van der Waals surface area contributed by atoms with Crippen LogP contribution in [0.1, 0.15) is 33.6 Å². The molecule has 54 valence electrons. The van der Waals surface area contributed by atoms with Crippen molar-refractivity contribution in [1.82, 2.24) is 0 Å². The quantitative estimate of drug-likeness (QED) is 0.507. The second-order valence-electron chi connectivity index (χ2n) is 3.26. The van der Waals surface area contributed by atoms with Crippen molar-refractivity contribution in [2.45, 2.75) is 33.6 Å². The lowest BCUT2D eigenvalue weighted by Gasteiger charge is -2.10. The summed E-state index contributed by atoms with van der Waals surface area (Å²) in [6.45, 7) is 10.5. The molecule has 0 saturated heterocycles. The van der Waals surface area contributed by atoms with E-state index in [1.165, 1.54) is 6.42 Å². The highest BCUT2D eigenvalue weighted by Gasteiger charge is 2.01. The number of allylic oxidation sites excluding steroid dienone is 1. The van der Waals surface area contributed by atoms with Crippen molar-refractivity contribution in [3.05, 3.63) is 12.7 Å². The van der Waals surface area contributed by atoms with Gasteiger partial charge in [-0.15, -0.1) is 6.58 Å². The van der Waals surface area contributed by atoms with Crippen molar-refractivity contribution in [2.75, 3.05) is 0 Å². The Morgan fingerprint density at radius 3 is 2.22 bits per heavy atom. The SMILES string of the molecule is C=CCC(C)CC(C)C. The van der Waals surface area contributed by atoms with Crippen LogP contribution in [-0.2, 0) is 0 Å². The molecule has 0 heterocycles. The van der Waals surface area contributed by atoms with Gasteiger partial charge in [0.2, 0.25) is 0 Å². The van der Waals surface area contributed by atoms with E-state index in [-0.39, 0.29) is 0 Å². The Bertz CT molecular complexity index is 72.1. The Balaban J connectivity index is 3.25. The van der Waals surface area contributed by atoms with E-state index < -0.39 is 0 Å². The van der Waals surface area contributed by atoms with Crippen LogP contribution in [-0.4, -0.2) is 0 Å². The first kappa shape index (κ1) is 8.74. The van der Waals surface area contributed by atoms with Crippen LogP contribution in [0, 0.1) is 11.8 Å². The molecule has 0 amide bonds. The highest BCUT2D eigenvalue weighted by Crippen LogP contribution is 2.13. The summed E-state index contributed by atoms with van der Waals surface area (Å²) in [7, 11) is 0. The minimum absolute atomic E-state index is 0.822. The lowest BCUT2D eigenvalue weighted by Crippen LogP contribution is -1.97. The lowest BCUT2D eigenvalue weighted by atomic mass is 9.96. The van der Waals surface area contributed by atoms with Crippen LogP contribution in [0.5, 0.6) is 0 Å². The number of hydrogen-bond acceptors (Lipinski definition) is 0. The van der Waals surface area contributed by atoms with E-state index in [9.17, 15) is 0 Å². The molecule has 0 aliphatic heterocycles. The molecule has 0 spiro atoms. The van der Waals surface area contributed by atoms with Crippen molar-refractivity contribution in [3.8, 4) is 0 Å². The van der Waals surface area contributed by atoms with Gasteiger partial charge < -0.3 is 0 Å². The zero-order valence-electron chi connectivity index (χ0n) is 6.85. The molecule has 0 aliphatic rings. The van der Waals surface area contributed by atoms with Crippen molar-refractivity contribution in [1.29, 1.82) is 0 Å². The van der Waals surface area contributed by atoms with E-state index in [4.69, 9.17) is 0 Å². The molecule has 0 aromatic rings. The fourth-order valence-corrected chi connectivity index (χ4v) is 1.19. The van der Waals surface area contributed by atoms with Gasteiger partial charge in [-0.3, -0.25) is 0 Å². The van der Waals surface area contributed by atoms with Crippen LogP contribution in [0.2, 0.25) is 0 Å². The zero-order chi connectivity index (χ0) is 7.28. The van der Waals surface area contributed by atoms with Crippen LogP contribution in [0.15, 0.2) is 12.7 Å². The van der Waals surface area contributed by atoms with Crippen LogP contribution >= 0.6 is 0 Å². The molecule has 0 N–H and O–H groups in total. The Morgan fingerprint density at radius 1 is 1.33 bits per heavy atom. The van der Waals surface area contributed by atoms with E-state index in [2.05, 4.69) is 27.4 Å². The summed E-state index contributed by atoms with van der Waals surface area (Å²) in [5, 5.41) is 0. The zero-order valence-corrected chi connectivity index (χ0v) is 6.85. The normalized spacial score (nSPS) is 13.8. The predicted octanol–water partition coefficient (Wildman–Crippen LogP) is 3.24. The molecule has 0 fully saturated rings. The molecule has 0 heteroatoms. The molecule has 0 bridgehead atoms. The van der Waals surface area contributed by atoms with Crippen LogP contribution < -0.4 is 0 Å². The van der Waals surface area contributed by atoms with Gasteiger partial charge in [0.15, 0.2) is 0 Å². The summed E-state index contributed by atoms with van der Waals surface area (Å²) in [5.41, 5.74) is 0. The second kappa shape index (κ2) is 4.60. The molecule has 1 atom stereocenters. The van der Waals surface area contributed by atoms with Gasteiger partial charge in [0.1, 0.15) is 0 Å². The van der Waals surface area contributed by atoms with Crippen molar-refractivity contribution in [3.63, 3.8) is 0 Å². The second-order valence-corrected chi connectivity index (χ2v) is 3.26. The summed E-state index contributed by atoms with van der Waals surface area (Å²) in [6, 6.07) is 0. The van der Waals surface area contributed by atoms with Gasteiger partial charge in [0, 0.05) is 0 Å². The molecule has 0 nitrogen and oxygen atoms in total. The Hall–Kier alpha value is -0.260.